The number of amides is 2. The van der Waals surface area contributed by atoms with E-state index >= 15 is 0 Å². The van der Waals surface area contributed by atoms with E-state index in [0.717, 1.165) is 25.7 Å². The third-order valence-electron chi connectivity index (χ3n) is 3.61. The van der Waals surface area contributed by atoms with Crippen molar-refractivity contribution in [2.45, 2.75) is 72.4 Å². The summed E-state index contributed by atoms with van der Waals surface area (Å²) in [5.74, 6) is 0.0940. The number of unbranched alkanes of at least 4 members (excludes halogenated alkanes) is 1. The van der Waals surface area contributed by atoms with Crippen molar-refractivity contribution in [2.24, 2.45) is 5.41 Å². The van der Waals surface area contributed by atoms with E-state index in [9.17, 15) is 9.59 Å². The lowest BCUT2D eigenvalue weighted by Crippen LogP contribution is -2.66. The summed E-state index contributed by atoms with van der Waals surface area (Å²) in [6, 6.07) is -0.674. The van der Waals surface area contributed by atoms with Crippen LogP contribution in [0.3, 0.4) is 0 Å². The van der Waals surface area contributed by atoms with Gasteiger partial charge < -0.3 is 10.2 Å². The monoisotopic (exact) mass is 268 g/mol. The number of nitrogens with one attached hydrogen (secondary N) is 1. The highest BCUT2D eigenvalue weighted by Crippen LogP contribution is 2.28. The van der Waals surface area contributed by atoms with Crippen LogP contribution in [0.5, 0.6) is 0 Å². The molecule has 1 N–H and O–H groups in total. The molecule has 1 aliphatic heterocycles. The van der Waals surface area contributed by atoms with Crippen molar-refractivity contribution in [1.82, 2.24) is 10.2 Å². The number of hydrogen-bond acceptors (Lipinski definition) is 2. The zero-order chi connectivity index (χ0) is 14.6. The Morgan fingerprint density at radius 3 is 2.26 bits per heavy atom. The van der Waals surface area contributed by atoms with Crippen LogP contribution < -0.4 is 5.32 Å². The van der Waals surface area contributed by atoms with Crippen LogP contribution in [0.15, 0.2) is 0 Å². The summed E-state index contributed by atoms with van der Waals surface area (Å²) >= 11 is 0. The van der Waals surface area contributed by atoms with Crippen LogP contribution in [0, 0.1) is 5.41 Å². The van der Waals surface area contributed by atoms with Crippen molar-refractivity contribution in [3.05, 3.63) is 0 Å². The smallest absolute Gasteiger partial charge is 0.245 e. The fourth-order valence-electron chi connectivity index (χ4n) is 2.69. The van der Waals surface area contributed by atoms with Gasteiger partial charge in [0, 0.05) is 6.54 Å². The van der Waals surface area contributed by atoms with Crippen molar-refractivity contribution in [2.75, 3.05) is 6.54 Å². The maximum atomic E-state index is 12.5. The van der Waals surface area contributed by atoms with Gasteiger partial charge in [0.15, 0.2) is 0 Å². The molecule has 0 radical (unpaired) electrons. The summed E-state index contributed by atoms with van der Waals surface area (Å²) in [6.45, 7) is 10.9. The maximum absolute atomic E-state index is 12.5. The Morgan fingerprint density at radius 1 is 1.16 bits per heavy atom. The summed E-state index contributed by atoms with van der Waals surface area (Å²) in [6.07, 6.45) is 3.60. The summed E-state index contributed by atoms with van der Waals surface area (Å²) in [5, 5.41) is 2.90. The maximum Gasteiger partial charge on any atom is 0.245 e. The molecule has 1 heterocycles. The van der Waals surface area contributed by atoms with E-state index in [1.54, 1.807) is 0 Å². The highest BCUT2D eigenvalue weighted by Gasteiger charge is 2.45. The highest BCUT2D eigenvalue weighted by atomic mass is 16.2. The molecule has 1 fully saturated rings. The minimum atomic E-state index is -0.348. The van der Waals surface area contributed by atoms with E-state index < -0.39 is 0 Å². The summed E-state index contributed by atoms with van der Waals surface area (Å²) in [5.41, 5.74) is -0.231. The van der Waals surface area contributed by atoms with Gasteiger partial charge in [-0.15, -0.1) is 0 Å². The van der Waals surface area contributed by atoms with Crippen LogP contribution in [0.25, 0.3) is 0 Å². The third kappa shape index (κ3) is 3.71. The molecule has 19 heavy (non-hydrogen) atoms. The Bertz CT molecular complexity index is 334. The molecule has 0 spiro atoms. The molecule has 1 saturated heterocycles. The first-order valence-electron chi connectivity index (χ1n) is 7.43. The van der Waals surface area contributed by atoms with Gasteiger partial charge in [0.2, 0.25) is 11.8 Å². The molecule has 0 aromatic carbocycles. The third-order valence-corrected chi connectivity index (χ3v) is 3.61. The second-order valence-corrected chi connectivity index (χ2v) is 6.50. The molecule has 4 heteroatoms. The number of carbonyl (C=O) groups is 2. The molecule has 110 valence electrons. The van der Waals surface area contributed by atoms with Crippen LogP contribution in [0.1, 0.15) is 60.3 Å². The minimum Gasteiger partial charge on any atom is -0.342 e. The van der Waals surface area contributed by atoms with Crippen LogP contribution in [-0.4, -0.2) is 35.3 Å². The average molecular weight is 268 g/mol. The average Bonchev–Trinajstić information content (AvgIpc) is 2.30. The SMILES string of the molecule is CCCCN1C(=O)C(CCC)NC(=O)C1C(C)(C)C. The molecule has 1 aliphatic rings. The van der Waals surface area contributed by atoms with Crippen molar-refractivity contribution in [1.29, 1.82) is 0 Å². The van der Waals surface area contributed by atoms with Crippen LogP contribution >= 0.6 is 0 Å². The number of hydrogen-bond donors (Lipinski definition) is 1. The highest BCUT2D eigenvalue weighted by molar-refractivity contribution is 5.97. The lowest BCUT2D eigenvalue weighted by molar-refractivity contribution is -0.154. The molecule has 2 atom stereocenters. The molecule has 0 bridgehead atoms. The van der Waals surface area contributed by atoms with Gasteiger partial charge in [-0.05, 0) is 18.3 Å². The topological polar surface area (TPSA) is 49.4 Å². The van der Waals surface area contributed by atoms with Gasteiger partial charge >= 0.3 is 0 Å². The van der Waals surface area contributed by atoms with Gasteiger partial charge in [0.25, 0.3) is 0 Å². The standard InChI is InChI=1S/C15H28N2O2/c1-6-8-10-17-12(15(3,4)5)13(18)16-11(9-7-2)14(17)19/h11-12H,6-10H2,1-5H3,(H,16,18). The van der Waals surface area contributed by atoms with E-state index in [0.29, 0.717) is 6.54 Å². The van der Waals surface area contributed by atoms with Gasteiger partial charge in [-0.2, -0.15) is 0 Å². The zero-order valence-electron chi connectivity index (χ0n) is 13.0. The first-order valence-corrected chi connectivity index (χ1v) is 7.43. The van der Waals surface area contributed by atoms with Gasteiger partial charge in [0.1, 0.15) is 12.1 Å². The van der Waals surface area contributed by atoms with E-state index in [4.69, 9.17) is 0 Å². The molecule has 1 rings (SSSR count). The summed E-state index contributed by atoms with van der Waals surface area (Å²) in [4.78, 5) is 26.7. The summed E-state index contributed by atoms with van der Waals surface area (Å²) in [7, 11) is 0. The van der Waals surface area contributed by atoms with E-state index in [-0.39, 0.29) is 29.3 Å². The lowest BCUT2D eigenvalue weighted by atomic mass is 9.82. The number of nitrogens with zero attached hydrogens (tertiary/aromatic N) is 1. The zero-order valence-corrected chi connectivity index (χ0v) is 13.0. The molecular formula is C15H28N2O2. The van der Waals surface area contributed by atoms with Crippen LogP contribution in [0.2, 0.25) is 0 Å². The second-order valence-electron chi connectivity index (χ2n) is 6.50. The van der Waals surface area contributed by atoms with E-state index in [1.165, 1.54) is 0 Å². The van der Waals surface area contributed by atoms with Gasteiger partial charge in [-0.1, -0.05) is 47.5 Å². The first-order chi connectivity index (χ1) is 8.82. The van der Waals surface area contributed by atoms with Crippen molar-refractivity contribution in [3.8, 4) is 0 Å². The van der Waals surface area contributed by atoms with E-state index in [1.807, 2.05) is 32.6 Å². The molecule has 0 aromatic heterocycles. The Kier molecular flexibility index (Phi) is 5.39. The molecular weight excluding hydrogens is 240 g/mol. The predicted molar refractivity (Wildman–Crippen MR) is 76.7 cm³/mol. The first kappa shape index (κ1) is 16.0. The largest absolute Gasteiger partial charge is 0.342 e. The molecule has 4 nitrogen and oxygen atoms in total. The fourth-order valence-corrected chi connectivity index (χ4v) is 2.69. The molecule has 0 aromatic rings. The quantitative estimate of drug-likeness (QED) is 0.832. The van der Waals surface area contributed by atoms with Crippen molar-refractivity contribution < 1.29 is 9.59 Å². The Hall–Kier alpha value is -1.06. The van der Waals surface area contributed by atoms with Gasteiger partial charge in [-0.25, -0.2) is 0 Å². The minimum absolute atomic E-state index is 0.00153. The second kappa shape index (κ2) is 6.40. The lowest BCUT2D eigenvalue weighted by Gasteiger charge is -2.44. The predicted octanol–water partition coefficient (Wildman–Crippen LogP) is 2.33. The Balaban J connectivity index is 2.96. The van der Waals surface area contributed by atoms with Crippen molar-refractivity contribution >= 4 is 11.8 Å². The van der Waals surface area contributed by atoms with Crippen LogP contribution in [0.4, 0.5) is 0 Å². The van der Waals surface area contributed by atoms with Gasteiger partial charge in [0.05, 0.1) is 0 Å². The van der Waals surface area contributed by atoms with Gasteiger partial charge in [-0.3, -0.25) is 9.59 Å². The fraction of sp³-hybridized carbons (Fsp3) is 0.867. The summed E-state index contributed by atoms with van der Waals surface area (Å²) < 4.78 is 0. The molecule has 2 amide bonds. The molecule has 0 aliphatic carbocycles. The van der Waals surface area contributed by atoms with Crippen LogP contribution in [-0.2, 0) is 9.59 Å². The number of carbonyl (C=O) groups excluding carboxylic acids is 2. The number of rotatable bonds is 5. The Morgan fingerprint density at radius 2 is 1.79 bits per heavy atom. The molecule has 0 saturated carbocycles. The normalized spacial score (nSPS) is 24.6. The Labute approximate surface area is 116 Å². The molecule has 2 unspecified atom stereocenters. The van der Waals surface area contributed by atoms with Crippen molar-refractivity contribution in [3.63, 3.8) is 0 Å². The van der Waals surface area contributed by atoms with E-state index in [2.05, 4.69) is 12.2 Å². The number of piperazine rings is 1.